The van der Waals surface area contributed by atoms with Gasteiger partial charge in [0.1, 0.15) is 5.82 Å². The van der Waals surface area contributed by atoms with E-state index in [1.165, 1.54) is 6.07 Å². The Morgan fingerprint density at radius 2 is 2.17 bits per heavy atom. The second-order valence-corrected chi connectivity index (χ2v) is 6.27. The molecule has 0 radical (unpaired) electrons. The molecule has 2 atom stereocenters. The van der Waals surface area contributed by atoms with Crippen LogP contribution in [-0.4, -0.2) is 25.2 Å². The Labute approximate surface area is 117 Å². The van der Waals surface area contributed by atoms with Gasteiger partial charge in [-0.15, -0.1) is 0 Å². The first-order valence-corrected chi connectivity index (χ1v) is 7.23. The van der Waals surface area contributed by atoms with Gasteiger partial charge in [-0.1, -0.05) is 29.8 Å². The molecule has 4 heteroatoms. The zero-order valence-electron chi connectivity index (χ0n) is 11.1. The van der Waals surface area contributed by atoms with Gasteiger partial charge in [-0.05, 0) is 31.0 Å². The lowest BCUT2D eigenvalue weighted by Crippen LogP contribution is -2.57. The zero-order valence-corrected chi connectivity index (χ0v) is 12.7. The van der Waals surface area contributed by atoms with Gasteiger partial charge < -0.3 is 10.2 Å². The monoisotopic (exact) mass is 314 g/mol. The van der Waals surface area contributed by atoms with E-state index in [-0.39, 0.29) is 5.82 Å². The van der Waals surface area contributed by atoms with E-state index in [0.29, 0.717) is 23.7 Å². The largest absolute Gasteiger partial charge is 0.364 e. The Bertz CT molecular complexity index is 422. The number of nitrogens with zero attached hydrogens (tertiary/aromatic N) is 1. The van der Waals surface area contributed by atoms with E-state index in [0.717, 1.165) is 17.6 Å². The Balaban J connectivity index is 2.26. The lowest BCUT2D eigenvalue weighted by Gasteiger charge is -2.42. The molecule has 0 spiro atoms. The predicted molar refractivity (Wildman–Crippen MR) is 77.5 cm³/mol. The third kappa shape index (κ3) is 2.86. The highest BCUT2D eigenvalue weighted by atomic mass is 79.9. The van der Waals surface area contributed by atoms with Gasteiger partial charge in [0.25, 0.3) is 0 Å². The summed E-state index contributed by atoms with van der Waals surface area (Å²) in [5, 5.41) is 3.53. The van der Waals surface area contributed by atoms with E-state index in [1.54, 1.807) is 6.07 Å². The van der Waals surface area contributed by atoms with Crippen LogP contribution in [0.5, 0.6) is 0 Å². The number of benzene rings is 1. The van der Waals surface area contributed by atoms with Crippen molar-refractivity contribution < 1.29 is 4.39 Å². The van der Waals surface area contributed by atoms with Crippen LogP contribution < -0.4 is 10.2 Å². The normalized spacial score (nSPS) is 24.7. The summed E-state index contributed by atoms with van der Waals surface area (Å²) in [7, 11) is 0. The average Bonchev–Trinajstić information content (AvgIpc) is 2.33. The van der Waals surface area contributed by atoms with Crippen molar-refractivity contribution in [1.82, 2.24) is 5.32 Å². The molecule has 0 aliphatic carbocycles. The molecule has 100 valence electrons. The molecule has 1 heterocycles. The summed E-state index contributed by atoms with van der Waals surface area (Å²) in [4.78, 5) is 2.17. The van der Waals surface area contributed by atoms with Crippen molar-refractivity contribution in [2.24, 2.45) is 5.92 Å². The number of piperazine rings is 1. The zero-order chi connectivity index (χ0) is 13.3. The fourth-order valence-electron chi connectivity index (χ4n) is 2.38. The van der Waals surface area contributed by atoms with Gasteiger partial charge in [-0.3, -0.25) is 0 Å². The maximum Gasteiger partial charge on any atom is 0.146 e. The molecular weight excluding hydrogens is 295 g/mol. The van der Waals surface area contributed by atoms with Crippen molar-refractivity contribution in [2.75, 3.05) is 18.0 Å². The molecule has 1 aliphatic rings. The van der Waals surface area contributed by atoms with E-state index < -0.39 is 0 Å². The van der Waals surface area contributed by atoms with Crippen LogP contribution in [0.1, 0.15) is 20.8 Å². The number of anilines is 1. The molecule has 0 saturated carbocycles. The fourth-order valence-corrected chi connectivity index (χ4v) is 2.73. The SMILES string of the molecule is CC(C)C1CN(c2cc(Br)ccc2F)C(C)CN1. The number of rotatable bonds is 2. The quantitative estimate of drug-likeness (QED) is 0.900. The predicted octanol–water partition coefficient (Wildman–Crippen LogP) is 3.41. The minimum atomic E-state index is -0.144. The van der Waals surface area contributed by atoms with Crippen molar-refractivity contribution in [3.8, 4) is 0 Å². The van der Waals surface area contributed by atoms with Crippen LogP contribution in [0.4, 0.5) is 10.1 Å². The van der Waals surface area contributed by atoms with E-state index in [9.17, 15) is 4.39 Å². The molecule has 1 fully saturated rings. The highest BCUT2D eigenvalue weighted by Crippen LogP contribution is 2.27. The third-order valence-corrected chi connectivity index (χ3v) is 4.12. The van der Waals surface area contributed by atoms with Crippen LogP contribution in [0.15, 0.2) is 22.7 Å². The van der Waals surface area contributed by atoms with Crippen molar-refractivity contribution in [3.63, 3.8) is 0 Å². The first-order valence-electron chi connectivity index (χ1n) is 6.44. The van der Waals surface area contributed by atoms with Crippen LogP contribution in [-0.2, 0) is 0 Å². The Hall–Kier alpha value is -0.610. The van der Waals surface area contributed by atoms with Crippen LogP contribution in [0.25, 0.3) is 0 Å². The maximum atomic E-state index is 14.0. The van der Waals surface area contributed by atoms with Gasteiger partial charge in [0.2, 0.25) is 0 Å². The molecule has 1 saturated heterocycles. The molecule has 2 unspecified atom stereocenters. The van der Waals surface area contributed by atoms with Crippen molar-refractivity contribution in [3.05, 3.63) is 28.5 Å². The molecule has 1 aliphatic heterocycles. The summed E-state index contributed by atoms with van der Waals surface area (Å²) in [6.45, 7) is 8.27. The summed E-state index contributed by atoms with van der Waals surface area (Å²) in [5.41, 5.74) is 0.698. The smallest absolute Gasteiger partial charge is 0.146 e. The lowest BCUT2D eigenvalue weighted by atomic mass is 9.99. The molecule has 1 aromatic rings. The van der Waals surface area contributed by atoms with E-state index in [2.05, 4.69) is 46.9 Å². The average molecular weight is 315 g/mol. The molecule has 1 aromatic carbocycles. The van der Waals surface area contributed by atoms with Gasteiger partial charge >= 0.3 is 0 Å². The standard InChI is InChI=1S/C14H20BrFN2/c1-9(2)13-8-18(10(3)7-17-13)14-6-11(15)4-5-12(14)16/h4-6,9-10,13,17H,7-8H2,1-3H3. The lowest BCUT2D eigenvalue weighted by molar-refractivity contribution is 0.335. The van der Waals surface area contributed by atoms with Crippen molar-refractivity contribution in [1.29, 1.82) is 0 Å². The third-order valence-electron chi connectivity index (χ3n) is 3.62. The number of halogens is 2. The Kier molecular flexibility index (Phi) is 4.28. The molecule has 0 aromatic heterocycles. The summed E-state index contributed by atoms with van der Waals surface area (Å²) in [6, 6.07) is 5.86. The van der Waals surface area contributed by atoms with Crippen LogP contribution in [0.2, 0.25) is 0 Å². The van der Waals surface area contributed by atoms with Gasteiger partial charge in [0.15, 0.2) is 0 Å². The maximum absolute atomic E-state index is 14.0. The second-order valence-electron chi connectivity index (χ2n) is 5.36. The molecule has 0 bridgehead atoms. The molecule has 1 N–H and O–H groups in total. The van der Waals surface area contributed by atoms with Gasteiger partial charge in [-0.25, -0.2) is 4.39 Å². The summed E-state index contributed by atoms with van der Waals surface area (Å²) >= 11 is 3.42. The first-order chi connectivity index (χ1) is 8.49. The number of nitrogens with one attached hydrogen (secondary N) is 1. The van der Waals surface area contributed by atoms with E-state index >= 15 is 0 Å². The fraction of sp³-hybridized carbons (Fsp3) is 0.571. The molecule has 0 amide bonds. The van der Waals surface area contributed by atoms with E-state index in [4.69, 9.17) is 0 Å². The van der Waals surface area contributed by atoms with Crippen molar-refractivity contribution >= 4 is 21.6 Å². The highest BCUT2D eigenvalue weighted by molar-refractivity contribution is 9.10. The van der Waals surface area contributed by atoms with Gasteiger partial charge in [0.05, 0.1) is 5.69 Å². The highest BCUT2D eigenvalue weighted by Gasteiger charge is 2.28. The summed E-state index contributed by atoms with van der Waals surface area (Å²) in [5.74, 6) is 0.407. The topological polar surface area (TPSA) is 15.3 Å². The number of hydrogen-bond acceptors (Lipinski definition) is 2. The Morgan fingerprint density at radius 3 is 2.83 bits per heavy atom. The van der Waals surface area contributed by atoms with Crippen LogP contribution in [0.3, 0.4) is 0 Å². The molecular formula is C14H20BrFN2. The molecule has 2 nitrogen and oxygen atoms in total. The summed E-state index contributed by atoms with van der Waals surface area (Å²) < 4.78 is 14.9. The van der Waals surface area contributed by atoms with Crippen molar-refractivity contribution in [2.45, 2.75) is 32.9 Å². The minimum absolute atomic E-state index is 0.144. The van der Waals surface area contributed by atoms with Gasteiger partial charge in [-0.2, -0.15) is 0 Å². The van der Waals surface area contributed by atoms with Crippen LogP contribution in [0, 0.1) is 11.7 Å². The van der Waals surface area contributed by atoms with Crippen LogP contribution >= 0.6 is 15.9 Å². The van der Waals surface area contributed by atoms with Gasteiger partial charge in [0, 0.05) is 29.6 Å². The second kappa shape index (κ2) is 5.57. The molecule has 18 heavy (non-hydrogen) atoms. The summed E-state index contributed by atoms with van der Waals surface area (Å²) in [6.07, 6.45) is 0. The molecule has 2 rings (SSSR count). The Morgan fingerprint density at radius 1 is 1.44 bits per heavy atom. The first kappa shape index (κ1) is 13.8. The van der Waals surface area contributed by atoms with E-state index in [1.807, 2.05) is 6.07 Å². The number of hydrogen-bond donors (Lipinski definition) is 1. The minimum Gasteiger partial charge on any atom is -0.364 e.